The van der Waals surface area contributed by atoms with E-state index in [1.165, 1.54) is 212 Å². The van der Waals surface area contributed by atoms with Crippen LogP contribution in [0.2, 0.25) is 0 Å². The molecule has 5 atom stereocenters. The van der Waals surface area contributed by atoms with Gasteiger partial charge in [-0.05, 0) is 37.5 Å². The Morgan fingerprint density at radius 2 is 0.474 bits per heavy atom. The topological polar surface area (TPSA) is 237 Å². The van der Waals surface area contributed by atoms with E-state index in [0.29, 0.717) is 25.7 Å². The molecule has 0 fully saturated rings. The lowest BCUT2D eigenvalue weighted by molar-refractivity contribution is -0.161. The van der Waals surface area contributed by atoms with E-state index < -0.39 is 97.5 Å². The maximum atomic E-state index is 13.1. The van der Waals surface area contributed by atoms with E-state index >= 15 is 0 Å². The minimum absolute atomic E-state index is 0.107. The Balaban J connectivity index is 5.19. The average Bonchev–Trinajstić information content (AvgIpc) is 2.24. The van der Waals surface area contributed by atoms with Crippen LogP contribution < -0.4 is 0 Å². The summed E-state index contributed by atoms with van der Waals surface area (Å²) in [6.45, 7) is 9.61. The van der Waals surface area contributed by atoms with Crippen LogP contribution in [-0.4, -0.2) is 96.7 Å². The average molecular weight is 1420 g/mol. The number of aliphatic hydroxyl groups is 1. The van der Waals surface area contributed by atoms with Crippen molar-refractivity contribution in [2.75, 3.05) is 39.6 Å². The van der Waals surface area contributed by atoms with Gasteiger partial charge in [0.25, 0.3) is 0 Å². The van der Waals surface area contributed by atoms with Crippen LogP contribution in [0.3, 0.4) is 0 Å². The number of esters is 4. The zero-order chi connectivity index (χ0) is 71.4. The Morgan fingerprint density at radius 3 is 0.701 bits per heavy atom. The largest absolute Gasteiger partial charge is 0.472 e. The first-order valence-corrected chi connectivity index (χ1v) is 43.5. The summed E-state index contributed by atoms with van der Waals surface area (Å²) in [6, 6.07) is 0. The van der Waals surface area contributed by atoms with Crippen LogP contribution in [0, 0.1) is 11.8 Å². The van der Waals surface area contributed by atoms with E-state index in [1.807, 2.05) is 0 Å². The second kappa shape index (κ2) is 69.8. The molecule has 0 bridgehead atoms. The van der Waals surface area contributed by atoms with Crippen LogP contribution in [0.1, 0.15) is 408 Å². The van der Waals surface area contributed by atoms with Crippen LogP contribution in [0.15, 0.2) is 0 Å². The smallest absolute Gasteiger partial charge is 0.462 e. The van der Waals surface area contributed by atoms with Crippen LogP contribution in [-0.2, 0) is 65.4 Å². The number of rotatable bonds is 77. The SMILES string of the molecule is CCCCCCCCCCCCCCCCCCCC(=O)OC[C@H](COP(=O)(O)OC[C@@H](O)COP(=O)(O)OC[C@@H](COC(=O)CCCCCCCCC)OC(=O)CCCCCCCCCCCCCCCC(C)C)OC(=O)CCCCCCCCCCCCCCCCC(C)C. The molecule has 0 aliphatic carbocycles. The third-order valence-electron chi connectivity index (χ3n) is 18.2. The van der Waals surface area contributed by atoms with Gasteiger partial charge in [-0.25, -0.2) is 9.13 Å². The molecule has 19 heteroatoms. The van der Waals surface area contributed by atoms with E-state index in [0.717, 1.165) is 115 Å². The molecule has 97 heavy (non-hydrogen) atoms. The first-order valence-electron chi connectivity index (χ1n) is 40.5. The number of carbonyl (C=O) groups excluding carboxylic acids is 4. The van der Waals surface area contributed by atoms with Gasteiger partial charge < -0.3 is 33.8 Å². The number of aliphatic hydroxyl groups excluding tert-OH is 1. The predicted octanol–water partition coefficient (Wildman–Crippen LogP) is 23.1. The number of phosphoric ester groups is 2. The molecule has 0 aromatic heterocycles. The van der Waals surface area contributed by atoms with Crippen molar-refractivity contribution < 1.29 is 80.2 Å². The van der Waals surface area contributed by atoms with Crippen molar-refractivity contribution in [3.63, 3.8) is 0 Å². The van der Waals surface area contributed by atoms with E-state index in [4.69, 9.17) is 37.0 Å². The number of unbranched alkanes of at least 4 members (excludes halogenated alkanes) is 47. The van der Waals surface area contributed by atoms with Crippen molar-refractivity contribution in [2.24, 2.45) is 11.8 Å². The summed E-state index contributed by atoms with van der Waals surface area (Å²) in [7, 11) is -9.91. The van der Waals surface area contributed by atoms with Crippen LogP contribution in [0.25, 0.3) is 0 Å². The van der Waals surface area contributed by atoms with Crippen LogP contribution >= 0.6 is 15.6 Å². The standard InChI is InChI=1S/C78H152O17P2/c1-7-9-11-13-15-16-17-18-19-20-21-27-32-37-43-49-55-61-76(81)89-67-74(95-78(83)62-56-50-44-38-33-28-23-22-25-30-35-41-46-52-58-70(3)4)69-93-97(86,87)91-65-72(79)64-90-96(84,85)92-68-73(66-88-75(80)60-54-48-40-14-12-10-8-2)94-77(82)63-57-51-45-39-34-29-24-26-31-36-42-47-53-59-71(5)6/h70-74,79H,7-69H2,1-6H3,(H,84,85)(H,86,87)/t72-,73+,74+/m0/s1. The fourth-order valence-electron chi connectivity index (χ4n) is 12.0. The summed E-state index contributed by atoms with van der Waals surface area (Å²) in [6.07, 6.45) is 58.4. The normalized spacial score (nSPS) is 14.0. The van der Waals surface area contributed by atoms with Crippen molar-refractivity contribution in [2.45, 2.75) is 426 Å². The van der Waals surface area contributed by atoms with Gasteiger partial charge in [-0.3, -0.25) is 37.3 Å². The number of hydrogen-bond donors (Lipinski definition) is 3. The summed E-state index contributed by atoms with van der Waals surface area (Å²) in [5, 5.41) is 10.6. The molecule has 0 aliphatic heterocycles. The van der Waals surface area contributed by atoms with Gasteiger partial charge in [-0.1, -0.05) is 356 Å². The lowest BCUT2D eigenvalue weighted by Crippen LogP contribution is -2.30. The molecule has 0 heterocycles. The van der Waals surface area contributed by atoms with Gasteiger partial charge in [0.15, 0.2) is 12.2 Å². The van der Waals surface area contributed by atoms with Gasteiger partial charge in [0.05, 0.1) is 26.4 Å². The summed E-state index contributed by atoms with van der Waals surface area (Å²) >= 11 is 0. The quantitative estimate of drug-likeness (QED) is 0.0222. The molecule has 0 amide bonds. The molecule has 576 valence electrons. The minimum Gasteiger partial charge on any atom is -0.462 e. The van der Waals surface area contributed by atoms with Gasteiger partial charge in [0, 0.05) is 25.7 Å². The maximum Gasteiger partial charge on any atom is 0.472 e. The lowest BCUT2D eigenvalue weighted by atomic mass is 10.0. The van der Waals surface area contributed by atoms with Gasteiger partial charge in [0.2, 0.25) is 0 Å². The Bertz CT molecular complexity index is 1870. The zero-order valence-electron chi connectivity index (χ0n) is 63.4. The number of carbonyl (C=O) groups is 4. The van der Waals surface area contributed by atoms with Gasteiger partial charge in [0.1, 0.15) is 19.3 Å². The van der Waals surface area contributed by atoms with Gasteiger partial charge >= 0.3 is 39.5 Å². The molecule has 0 rings (SSSR count). The Kier molecular flexibility index (Phi) is 68.4. The van der Waals surface area contributed by atoms with Crippen molar-refractivity contribution in [3.8, 4) is 0 Å². The molecule has 17 nitrogen and oxygen atoms in total. The second-order valence-electron chi connectivity index (χ2n) is 29.1. The number of ether oxygens (including phenoxy) is 4. The third kappa shape index (κ3) is 72.2. The molecule has 0 saturated carbocycles. The zero-order valence-corrected chi connectivity index (χ0v) is 65.2. The first-order chi connectivity index (χ1) is 46.9. The molecule has 0 spiro atoms. The summed E-state index contributed by atoms with van der Waals surface area (Å²) in [4.78, 5) is 72.8. The van der Waals surface area contributed by atoms with Crippen LogP contribution in [0.5, 0.6) is 0 Å². The van der Waals surface area contributed by atoms with Crippen molar-refractivity contribution in [3.05, 3.63) is 0 Å². The van der Waals surface area contributed by atoms with Crippen molar-refractivity contribution in [1.29, 1.82) is 0 Å². The Morgan fingerprint density at radius 1 is 0.278 bits per heavy atom. The highest BCUT2D eigenvalue weighted by atomic mass is 31.2. The lowest BCUT2D eigenvalue weighted by Gasteiger charge is -2.21. The van der Waals surface area contributed by atoms with Crippen molar-refractivity contribution in [1.82, 2.24) is 0 Å². The minimum atomic E-state index is -4.96. The second-order valence-corrected chi connectivity index (χ2v) is 32.0. The Labute approximate surface area is 594 Å². The number of phosphoric acid groups is 2. The van der Waals surface area contributed by atoms with E-state index in [1.54, 1.807) is 0 Å². The molecule has 0 radical (unpaired) electrons. The predicted molar refractivity (Wildman–Crippen MR) is 395 cm³/mol. The molecular weight excluding hydrogens is 1270 g/mol. The third-order valence-corrected chi connectivity index (χ3v) is 20.1. The molecule has 0 aliphatic rings. The molecule has 0 aromatic rings. The highest BCUT2D eigenvalue weighted by Crippen LogP contribution is 2.45. The van der Waals surface area contributed by atoms with E-state index in [-0.39, 0.29) is 25.7 Å². The number of hydrogen-bond acceptors (Lipinski definition) is 15. The fourth-order valence-corrected chi connectivity index (χ4v) is 13.6. The molecule has 2 unspecified atom stereocenters. The van der Waals surface area contributed by atoms with Crippen LogP contribution in [0.4, 0.5) is 0 Å². The monoisotopic (exact) mass is 1420 g/mol. The summed E-state index contributed by atoms with van der Waals surface area (Å²) < 4.78 is 68.5. The first kappa shape index (κ1) is 95.1. The molecule has 0 saturated heterocycles. The summed E-state index contributed by atoms with van der Waals surface area (Å²) in [5.74, 6) is -0.534. The molecular formula is C78H152O17P2. The van der Waals surface area contributed by atoms with Crippen molar-refractivity contribution >= 4 is 39.5 Å². The van der Waals surface area contributed by atoms with Gasteiger partial charge in [-0.2, -0.15) is 0 Å². The fraction of sp³-hybridized carbons (Fsp3) is 0.949. The van der Waals surface area contributed by atoms with E-state index in [9.17, 15) is 43.2 Å². The van der Waals surface area contributed by atoms with E-state index in [2.05, 4.69) is 41.5 Å². The molecule has 0 aromatic carbocycles. The Hall–Kier alpha value is -1.94. The van der Waals surface area contributed by atoms with Gasteiger partial charge in [-0.15, -0.1) is 0 Å². The summed E-state index contributed by atoms with van der Waals surface area (Å²) in [5.41, 5.74) is 0. The highest BCUT2D eigenvalue weighted by Gasteiger charge is 2.30. The maximum absolute atomic E-state index is 13.1. The highest BCUT2D eigenvalue weighted by molar-refractivity contribution is 7.47. The molecule has 3 N–H and O–H groups in total.